The van der Waals surface area contributed by atoms with Gasteiger partial charge in [-0.05, 0) is 43.0 Å². The van der Waals surface area contributed by atoms with Gasteiger partial charge < -0.3 is 10.4 Å². The molecule has 0 saturated heterocycles. The molecule has 1 aliphatic rings. The fraction of sp³-hybridized carbons (Fsp3) is 0.529. The second-order valence-corrected chi connectivity index (χ2v) is 5.93. The van der Waals surface area contributed by atoms with Crippen LogP contribution in [0.1, 0.15) is 60.9 Å². The molecule has 0 aliphatic heterocycles. The summed E-state index contributed by atoms with van der Waals surface area (Å²) in [7, 11) is 0. The van der Waals surface area contributed by atoms with E-state index in [1.807, 2.05) is 0 Å². The lowest BCUT2D eigenvalue weighted by molar-refractivity contribution is -0.116. The van der Waals surface area contributed by atoms with Crippen LogP contribution in [0.5, 0.6) is 0 Å². The van der Waals surface area contributed by atoms with E-state index in [4.69, 9.17) is 5.11 Å². The zero-order valence-electron chi connectivity index (χ0n) is 12.5. The van der Waals surface area contributed by atoms with Crippen molar-refractivity contribution in [3.05, 3.63) is 29.3 Å². The molecular weight excluding hydrogens is 266 g/mol. The number of nitrogens with one attached hydrogen (secondary N) is 1. The zero-order chi connectivity index (χ0) is 15.2. The van der Waals surface area contributed by atoms with Gasteiger partial charge in [0.15, 0.2) is 0 Å². The largest absolute Gasteiger partial charge is 0.478 e. The van der Waals surface area contributed by atoms with Crippen LogP contribution in [-0.2, 0) is 4.79 Å². The lowest BCUT2D eigenvalue weighted by Gasteiger charge is -2.21. The molecule has 1 aromatic rings. The molecule has 0 heterocycles. The Labute approximate surface area is 125 Å². The molecule has 0 bridgehead atoms. The number of aromatic carboxylic acids is 1. The molecule has 21 heavy (non-hydrogen) atoms. The monoisotopic (exact) mass is 289 g/mol. The van der Waals surface area contributed by atoms with Crippen molar-refractivity contribution in [3.8, 4) is 0 Å². The van der Waals surface area contributed by atoms with Crippen molar-refractivity contribution in [1.82, 2.24) is 0 Å². The minimum absolute atomic E-state index is 0.0167. The standard InChI is InChI=1S/C17H23NO3/c1-12-11-14(8-9-15(12)17(20)21)18-16(19)10-7-13-5-3-2-4-6-13/h8-9,11,13H,2-7,10H2,1H3,(H,18,19)(H,20,21). The fourth-order valence-corrected chi connectivity index (χ4v) is 3.02. The number of rotatable bonds is 5. The minimum Gasteiger partial charge on any atom is -0.478 e. The van der Waals surface area contributed by atoms with Gasteiger partial charge in [-0.15, -0.1) is 0 Å². The zero-order valence-corrected chi connectivity index (χ0v) is 12.5. The normalized spacial score (nSPS) is 15.7. The number of carboxylic acid groups (broad SMARTS) is 1. The number of anilines is 1. The highest BCUT2D eigenvalue weighted by Gasteiger charge is 2.15. The summed E-state index contributed by atoms with van der Waals surface area (Å²) in [6.07, 6.45) is 7.92. The average molecular weight is 289 g/mol. The summed E-state index contributed by atoms with van der Waals surface area (Å²) in [5.74, 6) is -0.230. The molecule has 4 nitrogen and oxygen atoms in total. The summed E-state index contributed by atoms with van der Waals surface area (Å²) >= 11 is 0. The molecule has 4 heteroatoms. The predicted molar refractivity (Wildman–Crippen MR) is 82.6 cm³/mol. The molecule has 2 N–H and O–H groups in total. The molecule has 1 fully saturated rings. The molecule has 1 aliphatic carbocycles. The number of hydrogen-bond donors (Lipinski definition) is 2. The van der Waals surface area contributed by atoms with E-state index in [1.165, 1.54) is 38.2 Å². The van der Waals surface area contributed by atoms with Crippen molar-refractivity contribution in [3.63, 3.8) is 0 Å². The highest BCUT2D eigenvalue weighted by molar-refractivity contribution is 5.93. The number of carboxylic acids is 1. The molecule has 0 atom stereocenters. The van der Waals surface area contributed by atoms with Crippen molar-refractivity contribution in [2.45, 2.75) is 51.9 Å². The third kappa shape index (κ3) is 4.59. The summed E-state index contributed by atoms with van der Waals surface area (Å²) in [4.78, 5) is 22.9. The molecule has 1 amide bonds. The number of amides is 1. The Kier molecular flexibility index (Phi) is 5.37. The predicted octanol–water partition coefficient (Wildman–Crippen LogP) is 3.99. The van der Waals surface area contributed by atoms with Crippen molar-refractivity contribution in [1.29, 1.82) is 0 Å². The molecule has 0 radical (unpaired) electrons. The molecule has 0 aromatic heterocycles. The Bertz CT molecular complexity index is 519. The summed E-state index contributed by atoms with van der Waals surface area (Å²) in [6.45, 7) is 1.74. The van der Waals surface area contributed by atoms with E-state index < -0.39 is 5.97 Å². The Morgan fingerprint density at radius 2 is 1.95 bits per heavy atom. The minimum atomic E-state index is -0.942. The topological polar surface area (TPSA) is 66.4 Å². The van der Waals surface area contributed by atoms with Crippen LogP contribution in [0.4, 0.5) is 5.69 Å². The van der Waals surface area contributed by atoms with E-state index in [1.54, 1.807) is 19.1 Å². The first-order chi connectivity index (χ1) is 10.1. The van der Waals surface area contributed by atoms with E-state index in [0.29, 0.717) is 23.6 Å². The number of hydrogen-bond acceptors (Lipinski definition) is 2. The lowest BCUT2D eigenvalue weighted by Crippen LogP contribution is -2.15. The van der Waals surface area contributed by atoms with E-state index >= 15 is 0 Å². The van der Waals surface area contributed by atoms with E-state index in [-0.39, 0.29) is 11.5 Å². The Balaban J connectivity index is 1.84. The lowest BCUT2D eigenvalue weighted by atomic mass is 9.86. The Morgan fingerprint density at radius 3 is 2.57 bits per heavy atom. The van der Waals surface area contributed by atoms with Crippen LogP contribution in [0.3, 0.4) is 0 Å². The molecular formula is C17H23NO3. The maximum atomic E-state index is 12.0. The van der Waals surface area contributed by atoms with E-state index in [2.05, 4.69) is 5.32 Å². The maximum absolute atomic E-state index is 12.0. The van der Waals surface area contributed by atoms with Crippen LogP contribution >= 0.6 is 0 Å². The molecule has 114 valence electrons. The molecule has 0 unspecified atom stereocenters. The number of benzene rings is 1. The fourth-order valence-electron chi connectivity index (χ4n) is 3.02. The number of carbonyl (C=O) groups excluding carboxylic acids is 1. The van der Waals surface area contributed by atoms with Crippen molar-refractivity contribution >= 4 is 17.6 Å². The van der Waals surface area contributed by atoms with Gasteiger partial charge in [0.25, 0.3) is 0 Å². The summed E-state index contributed by atoms with van der Waals surface area (Å²) < 4.78 is 0. The third-order valence-corrected chi connectivity index (χ3v) is 4.24. The second kappa shape index (κ2) is 7.25. The van der Waals surface area contributed by atoms with Gasteiger partial charge in [-0.2, -0.15) is 0 Å². The first kappa shape index (κ1) is 15.5. The Hall–Kier alpha value is -1.84. The molecule has 1 saturated carbocycles. The van der Waals surface area contributed by atoms with Gasteiger partial charge in [0.2, 0.25) is 5.91 Å². The van der Waals surface area contributed by atoms with Crippen molar-refractivity contribution in [2.75, 3.05) is 5.32 Å². The SMILES string of the molecule is Cc1cc(NC(=O)CCC2CCCCC2)ccc1C(=O)O. The quantitative estimate of drug-likeness (QED) is 0.861. The smallest absolute Gasteiger partial charge is 0.335 e. The summed E-state index contributed by atoms with van der Waals surface area (Å²) in [6, 6.07) is 4.89. The van der Waals surface area contributed by atoms with E-state index in [0.717, 1.165) is 6.42 Å². The third-order valence-electron chi connectivity index (χ3n) is 4.24. The van der Waals surface area contributed by atoms with Crippen molar-refractivity contribution < 1.29 is 14.7 Å². The highest BCUT2D eigenvalue weighted by Crippen LogP contribution is 2.27. The van der Waals surface area contributed by atoms with Crippen LogP contribution in [0.15, 0.2) is 18.2 Å². The van der Waals surface area contributed by atoms with Gasteiger partial charge >= 0.3 is 5.97 Å². The summed E-state index contributed by atoms with van der Waals surface area (Å²) in [5.41, 5.74) is 1.61. The second-order valence-electron chi connectivity index (χ2n) is 5.93. The molecule has 2 rings (SSSR count). The number of aryl methyl sites for hydroxylation is 1. The van der Waals surface area contributed by atoms with Gasteiger partial charge in [-0.25, -0.2) is 4.79 Å². The highest BCUT2D eigenvalue weighted by atomic mass is 16.4. The van der Waals surface area contributed by atoms with Crippen LogP contribution in [-0.4, -0.2) is 17.0 Å². The summed E-state index contributed by atoms with van der Waals surface area (Å²) in [5, 5.41) is 11.8. The van der Waals surface area contributed by atoms with Crippen LogP contribution in [0, 0.1) is 12.8 Å². The molecule has 1 aromatic carbocycles. The van der Waals surface area contributed by atoms with Crippen molar-refractivity contribution in [2.24, 2.45) is 5.92 Å². The van der Waals surface area contributed by atoms with Crippen LogP contribution in [0.25, 0.3) is 0 Å². The van der Waals surface area contributed by atoms with Crippen LogP contribution in [0.2, 0.25) is 0 Å². The van der Waals surface area contributed by atoms with Gasteiger partial charge in [0.05, 0.1) is 5.56 Å². The maximum Gasteiger partial charge on any atom is 0.335 e. The Morgan fingerprint density at radius 1 is 1.24 bits per heavy atom. The van der Waals surface area contributed by atoms with Gasteiger partial charge in [0.1, 0.15) is 0 Å². The van der Waals surface area contributed by atoms with Gasteiger partial charge in [0, 0.05) is 12.1 Å². The average Bonchev–Trinajstić information content (AvgIpc) is 2.46. The van der Waals surface area contributed by atoms with Gasteiger partial charge in [-0.3, -0.25) is 4.79 Å². The van der Waals surface area contributed by atoms with E-state index in [9.17, 15) is 9.59 Å². The van der Waals surface area contributed by atoms with Gasteiger partial charge in [-0.1, -0.05) is 32.1 Å². The van der Waals surface area contributed by atoms with Crippen LogP contribution < -0.4 is 5.32 Å². The molecule has 0 spiro atoms. The first-order valence-corrected chi connectivity index (χ1v) is 7.70. The number of carbonyl (C=O) groups is 2. The first-order valence-electron chi connectivity index (χ1n) is 7.70.